The summed E-state index contributed by atoms with van der Waals surface area (Å²) >= 11 is 0. The Morgan fingerprint density at radius 3 is 2.68 bits per heavy atom. The molecule has 1 heterocycles. The second-order valence-corrected chi connectivity index (χ2v) is 5.98. The zero-order chi connectivity index (χ0) is 16.2. The number of hydrogen-bond donors (Lipinski definition) is 2. The Balaban J connectivity index is 2.14. The maximum Gasteiger partial charge on any atom is 0.408 e. The topological polar surface area (TPSA) is 71.7 Å². The number of ether oxygens (including phenoxy) is 1. The molecule has 2 N–H and O–H groups in total. The molecule has 22 heavy (non-hydrogen) atoms. The normalized spacial score (nSPS) is 12.7. The lowest BCUT2D eigenvalue weighted by atomic mass is 10.0. The third kappa shape index (κ3) is 4.36. The molecule has 118 valence electrons. The van der Waals surface area contributed by atoms with Gasteiger partial charge in [0.15, 0.2) is 0 Å². The van der Waals surface area contributed by atoms with Crippen molar-refractivity contribution in [1.82, 2.24) is 5.32 Å². The SMILES string of the molecule is CC(C)(C)OC(=O)NC(CO)c1cccc(-c2ccco2)c1. The number of aliphatic hydroxyl groups is 1. The zero-order valence-electron chi connectivity index (χ0n) is 13.0. The van der Waals surface area contributed by atoms with E-state index in [1.807, 2.05) is 36.4 Å². The van der Waals surface area contributed by atoms with Crippen molar-refractivity contribution in [3.8, 4) is 11.3 Å². The van der Waals surface area contributed by atoms with Gasteiger partial charge in [-0.3, -0.25) is 0 Å². The van der Waals surface area contributed by atoms with Crippen LogP contribution in [0.15, 0.2) is 47.1 Å². The van der Waals surface area contributed by atoms with Crippen LogP contribution in [-0.2, 0) is 4.74 Å². The number of benzene rings is 1. The highest BCUT2D eigenvalue weighted by molar-refractivity contribution is 5.68. The molecule has 1 unspecified atom stereocenters. The average Bonchev–Trinajstić information content (AvgIpc) is 2.97. The van der Waals surface area contributed by atoms with Gasteiger partial charge in [-0.25, -0.2) is 4.79 Å². The molecule has 1 atom stereocenters. The molecule has 0 radical (unpaired) electrons. The van der Waals surface area contributed by atoms with E-state index in [1.165, 1.54) is 0 Å². The highest BCUT2D eigenvalue weighted by atomic mass is 16.6. The maximum atomic E-state index is 11.9. The van der Waals surface area contributed by atoms with Gasteiger partial charge in [0, 0.05) is 5.56 Å². The fourth-order valence-electron chi connectivity index (χ4n) is 2.04. The minimum absolute atomic E-state index is 0.221. The van der Waals surface area contributed by atoms with Crippen LogP contribution < -0.4 is 5.32 Å². The third-order valence-electron chi connectivity index (χ3n) is 2.97. The molecule has 1 aromatic carbocycles. The second-order valence-electron chi connectivity index (χ2n) is 5.98. The minimum Gasteiger partial charge on any atom is -0.464 e. The van der Waals surface area contributed by atoms with E-state index in [2.05, 4.69) is 5.32 Å². The molecular weight excluding hydrogens is 282 g/mol. The maximum absolute atomic E-state index is 11.9. The highest BCUT2D eigenvalue weighted by Gasteiger charge is 2.20. The Bertz CT molecular complexity index is 614. The molecule has 0 spiro atoms. The fraction of sp³-hybridized carbons (Fsp3) is 0.353. The van der Waals surface area contributed by atoms with Gasteiger partial charge in [-0.2, -0.15) is 0 Å². The van der Waals surface area contributed by atoms with Crippen molar-refractivity contribution in [3.63, 3.8) is 0 Å². The number of nitrogens with one attached hydrogen (secondary N) is 1. The zero-order valence-corrected chi connectivity index (χ0v) is 13.0. The van der Waals surface area contributed by atoms with Crippen LogP contribution in [0.3, 0.4) is 0 Å². The van der Waals surface area contributed by atoms with Gasteiger partial charge in [-0.05, 0) is 44.5 Å². The molecule has 1 amide bonds. The fourth-order valence-corrected chi connectivity index (χ4v) is 2.04. The molecule has 2 rings (SSSR count). The van der Waals surface area contributed by atoms with Crippen LogP contribution in [0.2, 0.25) is 0 Å². The Morgan fingerprint density at radius 2 is 2.09 bits per heavy atom. The Hall–Kier alpha value is -2.27. The molecule has 0 saturated carbocycles. The van der Waals surface area contributed by atoms with Crippen LogP contribution in [0.25, 0.3) is 11.3 Å². The number of hydrogen-bond acceptors (Lipinski definition) is 4. The first-order chi connectivity index (χ1) is 10.4. The van der Waals surface area contributed by atoms with Crippen LogP contribution >= 0.6 is 0 Å². The smallest absolute Gasteiger partial charge is 0.408 e. The number of carbonyl (C=O) groups is 1. The van der Waals surface area contributed by atoms with Crippen molar-refractivity contribution in [2.24, 2.45) is 0 Å². The largest absolute Gasteiger partial charge is 0.464 e. The van der Waals surface area contributed by atoms with Gasteiger partial charge in [-0.1, -0.05) is 18.2 Å². The molecule has 5 nitrogen and oxygen atoms in total. The van der Waals surface area contributed by atoms with Crippen LogP contribution in [0.5, 0.6) is 0 Å². The minimum atomic E-state index is -0.583. The van der Waals surface area contributed by atoms with Gasteiger partial charge in [0.25, 0.3) is 0 Å². The average molecular weight is 303 g/mol. The van der Waals surface area contributed by atoms with E-state index in [-0.39, 0.29) is 6.61 Å². The summed E-state index contributed by atoms with van der Waals surface area (Å²) < 4.78 is 10.6. The number of rotatable bonds is 4. The molecule has 0 aliphatic rings. The van der Waals surface area contributed by atoms with E-state index in [1.54, 1.807) is 27.0 Å². The van der Waals surface area contributed by atoms with Crippen molar-refractivity contribution < 1.29 is 19.1 Å². The number of alkyl carbamates (subject to hydrolysis) is 1. The summed E-state index contributed by atoms with van der Waals surface area (Å²) in [6.07, 6.45) is 1.04. The standard InChI is InChI=1S/C17H21NO4/c1-17(2,3)22-16(20)18-14(11-19)12-6-4-7-13(10-12)15-8-5-9-21-15/h4-10,14,19H,11H2,1-3H3,(H,18,20). The summed E-state index contributed by atoms with van der Waals surface area (Å²) in [7, 11) is 0. The van der Waals surface area contributed by atoms with Crippen LogP contribution in [0, 0.1) is 0 Å². The van der Waals surface area contributed by atoms with E-state index >= 15 is 0 Å². The molecule has 0 fully saturated rings. The number of carbonyl (C=O) groups excluding carboxylic acids is 1. The first-order valence-electron chi connectivity index (χ1n) is 7.13. The van der Waals surface area contributed by atoms with Gasteiger partial charge in [-0.15, -0.1) is 0 Å². The summed E-state index contributed by atoms with van der Waals surface area (Å²) in [5, 5.41) is 12.2. The molecule has 5 heteroatoms. The van der Waals surface area contributed by atoms with E-state index in [9.17, 15) is 9.90 Å². The second kappa shape index (κ2) is 6.66. The van der Waals surface area contributed by atoms with E-state index in [0.29, 0.717) is 0 Å². The lowest BCUT2D eigenvalue weighted by Gasteiger charge is -2.23. The predicted molar refractivity (Wildman–Crippen MR) is 83.3 cm³/mol. The molecule has 0 aliphatic carbocycles. The van der Waals surface area contributed by atoms with Gasteiger partial charge in [0.2, 0.25) is 0 Å². The predicted octanol–water partition coefficient (Wildman–Crippen LogP) is 3.50. The van der Waals surface area contributed by atoms with Crippen LogP contribution in [0.4, 0.5) is 4.79 Å². The van der Waals surface area contributed by atoms with Gasteiger partial charge in [0.05, 0.1) is 18.9 Å². The summed E-state index contributed by atoms with van der Waals surface area (Å²) in [5.74, 6) is 0.732. The Labute approximate surface area is 129 Å². The lowest BCUT2D eigenvalue weighted by molar-refractivity contribution is 0.0482. The monoisotopic (exact) mass is 303 g/mol. The first-order valence-corrected chi connectivity index (χ1v) is 7.13. The highest BCUT2D eigenvalue weighted by Crippen LogP contribution is 2.24. The van der Waals surface area contributed by atoms with E-state index < -0.39 is 17.7 Å². The number of furan rings is 1. The Kier molecular flexibility index (Phi) is 4.88. The van der Waals surface area contributed by atoms with Gasteiger partial charge < -0.3 is 19.6 Å². The van der Waals surface area contributed by atoms with Crippen LogP contribution in [-0.4, -0.2) is 23.4 Å². The Morgan fingerprint density at radius 1 is 1.32 bits per heavy atom. The van der Waals surface area contributed by atoms with E-state index in [4.69, 9.17) is 9.15 Å². The number of amides is 1. The quantitative estimate of drug-likeness (QED) is 0.906. The van der Waals surface area contributed by atoms with Crippen molar-refractivity contribution in [2.45, 2.75) is 32.4 Å². The van der Waals surface area contributed by atoms with Crippen molar-refractivity contribution >= 4 is 6.09 Å². The van der Waals surface area contributed by atoms with Crippen molar-refractivity contribution in [3.05, 3.63) is 48.2 Å². The summed E-state index contributed by atoms with van der Waals surface area (Å²) in [6.45, 7) is 5.15. The van der Waals surface area contributed by atoms with Gasteiger partial charge >= 0.3 is 6.09 Å². The molecule has 2 aromatic rings. The van der Waals surface area contributed by atoms with E-state index in [0.717, 1.165) is 16.9 Å². The van der Waals surface area contributed by atoms with Gasteiger partial charge in [0.1, 0.15) is 11.4 Å². The first kappa shape index (κ1) is 16.1. The van der Waals surface area contributed by atoms with Crippen molar-refractivity contribution in [1.29, 1.82) is 0 Å². The van der Waals surface area contributed by atoms with Crippen LogP contribution in [0.1, 0.15) is 32.4 Å². The number of aliphatic hydroxyl groups excluding tert-OH is 1. The third-order valence-corrected chi connectivity index (χ3v) is 2.97. The molecule has 0 saturated heterocycles. The summed E-state index contributed by atoms with van der Waals surface area (Å²) in [6, 6.07) is 10.6. The lowest BCUT2D eigenvalue weighted by Crippen LogP contribution is -2.36. The molecule has 1 aromatic heterocycles. The molecular formula is C17H21NO4. The summed E-state index contributed by atoms with van der Waals surface area (Å²) in [5.41, 5.74) is 1.08. The molecule has 0 bridgehead atoms. The molecule has 0 aliphatic heterocycles. The van der Waals surface area contributed by atoms with Crippen molar-refractivity contribution in [2.75, 3.05) is 6.61 Å². The summed E-state index contributed by atoms with van der Waals surface area (Å²) in [4.78, 5) is 11.9.